The van der Waals surface area contributed by atoms with Crippen LogP contribution in [0, 0.1) is 0 Å². The third-order valence-corrected chi connectivity index (χ3v) is 5.31. The van der Waals surface area contributed by atoms with E-state index in [4.69, 9.17) is 10.2 Å². The van der Waals surface area contributed by atoms with Gasteiger partial charge in [-0.25, -0.2) is 0 Å². The first-order chi connectivity index (χ1) is 8.36. The second-order valence-corrected chi connectivity index (χ2v) is 7.05. The van der Waals surface area contributed by atoms with Gasteiger partial charge in [0.15, 0.2) is 8.68 Å². The van der Waals surface area contributed by atoms with Crippen LogP contribution in [0.1, 0.15) is 25.7 Å². The Labute approximate surface area is 114 Å². The molecule has 0 unspecified atom stereocenters. The molecule has 0 bridgehead atoms. The van der Waals surface area contributed by atoms with Gasteiger partial charge < -0.3 is 10.2 Å². The highest BCUT2D eigenvalue weighted by atomic mass is 32.2. The largest absolute Gasteiger partial charge is 0.396 e. The molecule has 0 amide bonds. The smallest absolute Gasteiger partial charge is 0.175 e. The van der Waals surface area contributed by atoms with Crippen molar-refractivity contribution in [2.24, 2.45) is 0 Å². The normalized spacial score (nSPS) is 10.9. The molecule has 0 aliphatic heterocycles. The van der Waals surface area contributed by atoms with Crippen molar-refractivity contribution in [3.05, 3.63) is 0 Å². The fourth-order valence-corrected chi connectivity index (χ4v) is 4.22. The molecular weight excluding hydrogens is 276 g/mol. The van der Waals surface area contributed by atoms with Crippen LogP contribution in [0.15, 0.2) is 8.68 Å². The van der Waals surface area contributed by atoms with E-state index in [2.05, 4.69) is 10.2 Å². The zero-order chi connectivity index (χ0) is 12.3. The molecule has 98 valence electrons. The summed E-state index contributed by atoms with van der Waals surface area (Å²) in [6, 6.07) is 0. The van der Waals surface area contributed by atoms with Crippen molar-refractivity contribution in [3.63, 3.8) is 0 Å². The van der Waals surface area contributed by atoms with E-state index < -0.39 is 0 Å². The molecule has 0 aliphatic rings. The molecule has 1 aromatic rings. The van der Waals surface area contributed by atoms with Crippen LogP contribution in [0.4, 0.5) is 0 Å². The number of nitrogens with zero attached hydrogens (tertiary/aromatic N) is 2. The predicted octanol–water partition coefficient (Wildman–Crippen LogP) is 2.27. The van der Waals surface area contributed by atoms with Crippen LogP contribution in [0.2, 0.25) is 0 Å². The highest BCUT2D eigenvalue weighted by Crippen LogP contribution is 2.29. The Morgan fingerprint density at radius 2 is 1.29 bits per heavy atom. The van der Waals surface area contributed by atoms with Gasteiger partial charge in [0.2, 0.25) is 0 Å². The molecule has 0 aliphatic carbocycles. The molecular formula is C10H18N2O2S3. The minimum absolute atomic E-state index is 0.267. The molecule has 7 heteroatoms. The van der Waals surface area contributed by atoms with Gasteiger partial charge in [-0.2, -0.15) is 0 Å². The fourth-order valence-electron chi connectivity index (χ4n) is 1.06. The molecule has 0 fully saturated rings. The summed E-state index contributed by atoms with van der Waals surface area (Å²) in [4.78, 5) is 0. The number of hydrogen-bond donors (Lipinski definition) is 2. The summed E-state index contributed by atoms with van der Waals surface area (Å²) in [5, 5.41) is 25.5. The lowest BCUT2D eigenvalue weighted by Crippen LogP contribution is -1.85. The lowest BCUT2D eigenvalue weighted by molar-refractivity contribution is 0.287. The van der Waals surface area contributed by atoms with E-state index in [9.17, 15) is 0 Å². The number of unbranched alkanes of at least 4 members (excludes halogenated alkanes) is 2. The molecule has 1 rings (SSSR count). The summed E-state index contributed by atoms with van der Waals surface area (Å²) in [5.74, 6) is 1.98. The van der Waals surface area contributed by atoms with Gasteiger partial charge in [0, 0.05) is 24.7 Å². The Hall–Kier alpha value is 0.180. The quantitative estimate of drug-likeness (QED) is 0.510. The summed E-state index contributed by atoms with van der Waals surface area (Å²) in [6.07, 6.45) is 3.74. The highest BCUT2D eigenvalue weighted by molar-refractivity contribution is 8.03. The minimum Gasteiger partial charge on any atom is -0.396 e. The first-order valence-corrected chi connectivity index (χ1v) is 8.46. The van der Waals surface area contributed by atoms with E-state index in [-0.39, 0.29) is 13.2 Å². The van der Waals surface area contributed by atoms with Gasteiger partial charge in [-0.05, 0) is 25.7 Å². The van der Waals surface area contributed by atoms with Gasteiger partial charge in [-0.15, -0.1) is 10.2 Å². The third kappa shape index (κ3) is 7.25. The van der Waals surface area contributed by atoms with Gasteiger partial charge in [0.05, 0.1) is 0 Å². The fraction of sp³-hybridized carbons (Fsp3) is 0.800. The summed E-state index contributed by atoms with van der Waals surface area (Å²) in [5.41, 5.74) is 0. The molecule has 4 nitrogen and oxygen atoms in total. The average Bonchev–Trinajstić information content (AvgIpc) is 2.78. The monoisotopic (exact) mass is 294 g/mol. The highest BCUT2D eigenvalue weighted by Gasteiger charge is 2.04. The summed E-state index contributed by atoms with van der Waals surface area (Å²) in [7, 11) is 0. The molecule has 0 spiro atoms. The van der Waals surface area contributed by atoms with Crippen molar-refractivity contribution in [2.45, 2.75) is 34.4 Å². The molecule has 0 radical (unpaired) electrons. The summed E-state index contributed by atoms with van der Waals surface area (Å²) >= 11 is 5.04. The molecule has 0 atom stereocenters. The molecule has 1 aromatic heterocycles. The number of thioether (sulfide) groups is 2. The van der Waals surface area contributed by atoms with Crippen LogP contribution in [-0.4, -0.2) is 45.1 Å². The summed E-state index contributed by atoms with van der Waals surface area (Å²) < 4.78 is 2.01. The molecule has 1 heterocycles. The standard InChI is InChI=1S/C10H18N2O2S3/c13-5-1-3-7-15-9-11-12-10(17-9)16-8-4-2-6-14/h13-14H,1-8H2. The Bertz CT molecular complexity index is 270. The summed E-state index contributed by atoms with van der Waals surface area (Å²) in [6.45, 7) is 0.533. The SMILES string of the molecule is OCCCCSc1nnc(SCCCCO)s1. The van der Waals surface area contributed by atoms with Crippen LogP contribution in [0.25, 0.3) is 0 Å². The average molecular weight is 294 g/mol. The Balaban J connectivity index is 2.14. The maximum Gasteiger partial charge on any atom is 0.175 e. The second kappa shape index (κ2) is 10.1. The predicted molar refractivity (Wildman–Crippen MR) is 74.0 cm³/mol. The van der Waals surface area contributed by atoms with E-state index in [1.807, 2.05) is 0 Å². The zero-order valence-corrected chi connectivity index (χ0v) is 12.1. The van der Waals surface area contributed by atoms with Gasteiger partial charge in [-0.1, -0.05) is 34.9 Å². The third-order valence-electron chi connectivity index (χ3n) is 1.94. The molecule has 0 aromatic carbocycles. The molecule has 0 saturated carbocycles. The zero-order valence-electron chi connectivity index (χ0n) is 9.67. The maximum atomic E-state index is 8.65. The van der Waals surface area contributed by atoms with Crippen LogP contribution in [0.3, 0.4) is 0 Å². The van der Waals surface area contributed by atoms with Crippen molar-refractivity contribution < 1.29 is 10.2 Å². The van der Waals surface area contributed by atoms with E-state index in [1.165, 1.54) is 0 Å². The van der Waals surface area contributed by atoms with Crippen molar-refractivity contribution >= 4 is 34.9 Å². The number of aliphatic hydroxyl groups is 2. The lowest BCUT2D eigenvalue weighted by atomic mass is 10.4. The molecule has 17 heavy (non-hydrogen) atoms. The number of hydrogen-bond acceptors (Lipinski definition) is 7. The Morgan fingerprint density at radius 3 is 1.71 bits per heavy atom. The first-order valence-electron chi connectivity index (χ1n) is 5.67. The van der Waals surface area contributed by atoms with Crippen molar-refractivity contribution in [2.75, 3.05) is 24.7 Å². The topological polar surface area (TPSA) is 66.2 Å². The van der Waals surface area contributed by atoms with Gasteiger partial charge in [0.25, 0.3) is 0 Å². The minimum atomic E-state index is 0.267. The van der Waals surface area contributed by atoms with Crippen molar-refractivity contribution in [3.8, 4) is 0 Å². The molecule has 0 saturated heterocycles. The van der Waals surface area contributed by atoms with Crippen LogP contribution in [0.5, 0.6) is 0 Å². The van der Waals surface area contributed by atoms with Crippen LogP contribution in [-0.2, 0) is 0 Å². The Kier molecular flexibility index (Phi) is 9.08. The van der Waals surface area contributed by atoms with E-state index >= 15 is 0 Å². The van der Waals surface area contributed by atoms with Crippen molar-refractivity contribution in [1.82, 2.24) is 10.2 Å². The number of rotatable bonds is 10. The van der Waals surface area contributed by atoms with E-state index in [1.54, 1.807) is 34.9 Å². The molecule has 2 N–H and O–H groups in total. The van der Waals surface area contributed by atoms with Gasteiger partial charge in [-0.3, -0.25) is 0 Å². The first kappa shape index (κ1) is 15.2. The maximum absolute atomic E-state index is 8.65. The number of aromatic nitrogens is 2. The van der Waals surface area contributed by atoms with Gasteiger partial charge in [0.1, 0.15) is 0 Å². The van der Waals surface area contributed by atoms with Gasteiger partial charge >= 0.3 is 0 Å². The number of aliphatic hydroxyl groups excluding tert-OH is 2. The van der Waals surface area contributed by atoms with Crippen molar-refractivity contribution in [1.29, 1.82) is 0 Å². The van der Waals surface area contributed by atoms with Crippen LogP contribution >= 0.6 is 34.9 Å². The lowest BCUT2D eigenvalue weighted by Gasteiger charge is -1.95. The van der Waals surface area contributed by atoms with E-state index in [0.717, 1.165) is 45.9 Å². The van der Waals surface area contributed by atoms with Crippen LogP contribution < -0.4 is 0 Å². The Morgan fingerprint density at radius 1 is 0.824 bits per heavy atom. The van der Waals surface area contributed by atoms with E-state index in [0.29, 0.717) is 0 Å². The second-order valence-electron chi connectivity index (χ2n) is 3.39.